The van der Waals surface area contributed by atoms with Crippen LogP contribution in [0.5, 0.6) is 5.75 Å². The molecule has 3 nitrogen and oxygen atoms in total. The first-order valence-electron chi connectivity index (χ1n) is 3.89. The summed E-state index contributed by atoms with van der Waals surface area (Å²) < 4.78 is 0. The molecule has 4 heteroatoms. The Hall–Kier alpha value is -0.710. The van der Waals surface area contributed by atoms with E-state index in [4.69, 9.17) is 4.84 Å². The smallest absolute Gasteiger partial charge is 0.121 e. The zero-order valence-corrected chi connectivity index (χ0v) is 8.52. The predicted octanol–water partition coefficient (Wildman–Crippen LogP) is 1.77. The van der Waals surface area contributed by atoms with Crippen molar-refractivity contribution in [3.63, 3.8) is 0 Å². The molecule has 72 valence electrons. The lowest BCUT2D eigenvalue weighted by molar-refractivity contribution is 0.0861. The Balaban J connectivity index is 2.73. The number of phenols is 1. The fourth-order valence-electron chi connectivity index (χ4n) is 0.970. The molecule has 0 saturated heterocycles. The van der Waals surface area contributed by atoms with E-state index in [9.17, 15) is 5.11 Å². The maximum Gasteiger partial charge on any atom is 0.121 e. The average Bonchev–Trinajstić information content (AvgIpc) is 2.16. The highest BCUT2D eigenvalue weighted by Gasteiger charge is 2.01. The van der Waals surface area contributed by atoms with E-state index in [0.29, 0.717) is 12.3 Å². The highest BCUT2D eigenvalue weighted by Crippen LogP contribution is 2.23. The van der Waals surface area contributed by atoms with Crippen molar-refractivity contribution in [2.45, 2.75) is 11.4 Å². The number of nitrogens with one attached hydrogen (secondary N) is 1. The van der Waals surface area contributed by atoms with Gasteiger partial charge in [0.1, 0.15) is 5.75 Å². The summed E-state index contributed by atoms with van der Waals surface area (Å²) in [7, 11) is 1.55. The molecule has 13 heavy (non-hydrogen) atoms. The minimum absolute atomic E-state index is 0.302. The lowest BCUT2D eigenvalue weighted by Crippen LogP contribution is -2.10. The lowest BCUT2D eigenvalue weighted by Gasteiger charge is -2.05. The summed E-state index contributed by atoms with van der Waals surface area (Å²) in [6, 6.07) is 5.60. The quantitative estimate of drug-likeness (QED) is 0.573. The Morgan fingerprint density at radius 3 is 2.85 bits per heavy atom. The van der Waals surface area contributed by atoms with Crippen molar-refractivity contribution in [3.05, 3.63) is 23.8 Å². The van der Waals surface area contributed by atoms with Crippen LogP contribution in [-0.4, -0.2) is 18.5 Å². The molecular weight excluding hydrogens is 186 g/mol. The highest BCUT2D eigenvalue weighted by molar-refractivity contribution is 7.98. The van der Waals surface area contributed by atoms with Gasteiger partial charge >= 0.3 is 0 Å². The molecule has 0 saturated carbocycles. The van der Waals surface area contributed by atoms with Gasteiger partial charge in [-0.15, -0.1) is 11.8 Å². The van der Waals surface area contributed by atoms with Gasteiger partial charge < -0.3 is 9.94 Å². The Bertz CT molecular complexity index is 278. The maximum atomic E-state index is 9.54. The van der Waals surface area contributed by atoms with Gasteiger partial charge in [0.05, 0.1) is 7.11 Å². The summed E-state index contributed by atoms with van der Waals surface area (Å²) >= 11 is 1.60. The van der Waals surface area contributed by atoms with Gasteiger partial charge in [-0.1, -0.05) is 6.07 Å². The average molecular weight is 199 g/mol. The van der Waals surface area contributed by atoms with Crippen LogP contribution in [0.3, 0.4) is 0 Å². The third-order valence-corrected chi connectivity index (χ3v) is 2.42. The fourth-order valence-corrected chi connectivity index (χ4v) is 1.40. The van der Waals surface area contributed by atoms with Crippen LogP contribution in [0.25, 0.3) is 0 Å². The summed E-state index contributed by atoms with van der Waals surface area (Å²) in [5, 5.41) is 9.54. The summed E-state index contributed by atoms with van der Waals surface area (Å²) in [6.45, 7) is 0.511. The van der Waals surface area contributed by atoms with E-state index in [0.717, 1.165) is 10.5 Å². The Morgan fingerprint density at radius 2 is 2.31 bits per heavy atom. The molecule has 0 heterocycles. The highest BCUT2D eigenvalue weighted by atomic mass is 32.2. The minimum Gasteiger partial charge on any atom is -0.508 e. The molecule has 1 aromatic rings. The second-order valence-corrected chi connectivity index (χ2v) is 3.40. The number of phenolic OH excluding ortho intramolecular Hbond substituents is 1. The molecule has 0 radical (unpaired) electrons. The lowest BCUT2D eigenvalue weighted by atomic mass is 10.2. The van der Waals surface area contributed by atoms with Crippen molar-refractivity contribution >= 4 is 11.8 Å². The van der Waals surface area contributed by atoms with Crippen molar-refractivity contribution < 1.29 is 9.94 Å². The molecule has 0 fully saturated rings. The van der Waals surface area contributed by atoms with E-state index in [2.05, 4.69) is 5.48 Å². The monoisotopic (exact) mass is 199 g/mol. The molecule has 0 aliphatic rings. The third kappa shape index (κ3) is 2.91. The molecule has 1 aromatic carbocycles. The molecule has 0 bridgehead atoms. The van der Waals surface area contributed by atoms with Crippen LogP contribution < -0.4 is 5.48 Å². The van der Waals surface area contributed by atoms with Gasteiger partial charge in [-0.2, -0.15) is 5.48 Å². The van der Waals surface area contributed by atoms with Gasteiger partial charge in [0.2, 0.25) is 0 Å². The number of hydrogen-bond donors (Lipinski definition) is 2. The first kappa shape index (κ1) is 10.4. The van der Waals surface area contributed by atoms with Gasteiger partial charge in [0.25, 0.3) is 0 Å². The van der Waals surface area contributed by atoms with E-state index in [-0.39, 0.29) is 0 Å². The first-order chi connectivity index (χ1) is 6.27. The van der Waals surface area contributed by atoms with Crippen LogP contribution in [0.2, 0.25) is 0 Å². The number of benzene rings is 1. The Labute approximate surface area is 82.1 Å². The van der Waals surface area contributed by atoms with E-state index >= 15 is 0 Å². The molecule has 2 N–H and O–H groups in total. The van der Waals surface area contributed by atoms with Gasteiger partial charge in [-0.25, -0.2) is 0 Å². The van der Waals surface area contributed by atoms with Gasteiger partial charge in [-0.3, -0.25) is 0 Å². The number of rotatable bonds is 4. The molecule has 1 rings (SSSR count). The molecule has 0 aliphatic carbocycles. The standard InChI is InChI=1S/C9H13NO2S/c1-12-10-6-7-3-4-8(13-2)5-9(7)11/h3-5,10-11H,6H2,1-2H3. The first-order valence-corrected chi connectivity index (χ1v) is 5.12. The van der Waals surface area contributed by atoms with Crippen LogP contribution in [-0.2, 0) is 11.4 Å². The second kappa shape index (κ2) is 5.11. The van der Waals surface area contributed by atoms with Crippen LogP contribution in [0.15, 0.2) is 23.1 Å². The topological polar surface area (TPSA) is 41.5 Å². The molecular formula is C9H13NO2S. The molecule has 0 spiro atoms. The summed E-state index contributed by atoms with van der Waals surface area (Å²) in [5.41, 5.74) is 3.51. The van der Waals surface area contributed by atoms with Crippen LogP contribution in [0.4, 0.5) is 0 Å². The Kier molecular flexibility index (Phi) is 4.08. The van der Waals surface area contributed by atoms with Gasteiger partial charge in [-0.05, 0) is 18.4 Å². The van der Waals surface area contributed by atoms with Crippen LogP contribution in [0.1, 0.15) is 5.56 Å². The summed E-state index contributed by atoms with van der Waals surface area (Å²) in [5.74, 6) is 0.302. The van der Waals surface area contributed by atoms with Crippen LogP contribution in [0, 0.1) is 0 Å². The van der Waals surface area contributed by atoms with E-state index in [1.54, 1.807) is 24.9 Å². The second-order valence-electron chi connectivity index (χ2n) is 2.52. The molecule has 0 aromatic heterocycles. The number of hydroxylamine groups is 1. The van der Waals surface area contributed by atoms with Crippen molar-refractivity contribution in [1.82, 2.24) is 5.48 Å². The van der Waals surface area contributed by atoms with Gasteiger partial charge in [0.15, 0.2) is 0 Å². The van der Waals surface area contributed by atoms with Crippen LogP contribution >= 0.6 is 11.8 Å². The number of thioether (sulfide) groups is 1. The van der Waals surface area contributed by atoms with Crippen molar-refractivity contribution in [1.29, 1.82) is 0 Å². The maximum absolute atomic E-state index is 9.54. The number of hydrogen-bond acceptors (Lipinski definition) is 4. The number of aromatic hydroxyl groups is 1. The van der Waals surface area contributed by atoms with E-state index < -0.39 is 0 Å². The molecule has 0 amide bonds. The zero-order valence-electron chi connectivity index (χ0n) is 7.70. The molecule has 0 unspecified atom stereocenters. The summed E-state index contributed by atoms with van der Waals surface area (Å²) in [6.07, 6.45) is 1.97. The van der Waals surface area contributed by atoms with E-state index in [1.165, 1.54) is 0 Å². The van der Waals surface area contributed by atoms with Crippen molar-refractivity contribution in [3.8, 4) is 5.75 Å². The molecule has 0 atom stereocenters. The minimum atomic E-state index is 0.302. The normalized spacial score (nSPS) is 10.3. The zero-order chi connectivity index (χ0) is 9.68. The third-order valence-electron chi connectivity index (χ3n) is 1.70. The summed E-state index contributed by atoms with van der Waals surface area (Å²) in [4.78, 5) is 5.75. The van der Waals surface area contributed by atoms with Crippen molar-refractivity contribution in [2.75, 3.05) is 13.4 Å². The predicted molar refractivity (Wildman–Crippen MR) is 53.7 cm³/mol. The van der Waals surface area contributed by atoms with E-state index in [1.807, 2.05) is 18.4 Å². The van der Waals surface area contributed by atoms with Gasteiger partial charge in [0, 0.05) is 17.0 Å². The largest absolute Gasteiger partial charge is 0.508 e. The Morgan fingerprint density at radius 1 is 1.54 bits per heavy atom. The fraction of sp³-hybridized carbons (Fsp3) is 0.333. The molecule has 0 aliphatic heterocycles. The SMILES string of the molecule is CONCc1ccc(SC)cc1O. The van der Waals surface area contributed by atoms with Crippen molar-refractivity contribution in [2.24, 2.45) is 0 Å².